The molecule has 1 aromatic carbocycles. The molecular weight excluding hydrogens is 224 g/mol. The van der Waals surface area contributed by atoms with E-state index in [0.29, 0.717) is 6.61 Å². The van der Waals surface area contributed by atoms with Crippen molar-refractivity contribution in [2.75, 3.05) is 6.61 Å². The quantitative estimate of drug-likeness (QED) is 0.482. The van der Waals surface area contributed by atoms with Gasteiger partial charge in [0.15, 0.2) is 5.78 Å². The molecule has 100 valence electrons. The molecule has 0 heterocycles. The molecule has 2 nitrogen and oxygen atoms in total. The van der Waals surface area contributed by atoms with Crippen LogP contribution in [0, 0.1) is 0 Å². The predicted molar refractivity (Wildman–Crippen MR) is 74.9 cm³/mol. The lowest BCUT2D eigenvalue weighted by Crippen LogP contribution is -2.24. The van der Waals surface area contributed by atoms with Gasteiger partial charge in [-0.1, -0.05) is 63.4 Å². The molecule has 1 atom stereocenters. The van der Waals surface area contributed by atoms with E-state index in [0.717, 1.165) is 18.4 Å². The van der Waals surface area contributed by atoms with Gasteiger partial charge in [-0.3, -0.25) is 4.79 Å². The van der Waals surface area contributed by atoms with Crippen LogP contribution in [0.4, 0.5) is 0 Å². The third kappa shape index (κ3) is 5.01. The first-order valence-corrected chi connectivity index (χ1v) is 7.00. The van der Waals surface area contributed by atoms with Crippen molar-refractivity contribution in [3.05, 3.63) is 35.9 Å². The summed E-state index contributed by atoms with van der Waals surface area (Å²) in [7, 11) is 0. The van der Waals surface area contributed by atoms with E-state index in [1.165, 1.54) is 19.3 Å². The van der Waals surface area contributed by atoms with Crippen molar-refractivity contribution < 1.29 is 9.53 Å². The smallest absolute Gasteiger partial charge is 0.191 e. The second kappa shape index (κ2) is 8.87. The number of unbranched alkanes of at least 4 members (excludes halogenated alkanes) is 3. The fourth-order valence-electron chi connectivity index (χ4n) is 1.92. The Morgan fingerprint density at radius 1 is 1.11 bits per heavy atom. The summed E-state index contributed by atoms with van der Waals surface area (Å²) >= 11 is 0. The van der Waals surface area contributed by atoms with Crippen molar-refractivity contribution >= 4 is 5.78 Å². The van der Waals surface area contributed by atoms with Crippen molar-refractivity contribution in [2.45, 2.75) is 52.1 Å². The summed E-state index contributed by atoms with van der Waals surface area (Å²) in [4.78, 5) is 12.2. The summed E-state index contributed by atoms with van der Waals surface area (Å²) < 4.78 is 5.70. The Balaban J connectivity index is 2.39. The normalized spacial score (nSPS) is 12.3. The van der Waals surface area contributed by atoms with Gasteiger partial charge < -0.3 is 4.74 Å². The molecule has 1 rings (SSSR count). The van der Waals surface area contributed by atoms with Crippen LogP contribution in [0.1, 0.15) is 56.3 Å². The molecule has 0 radical (unpaired) electrons. The standard InChI is InChI=1S/C16H24O2/c1-3-5-6-10-13-18-15(4-2)16(17)14-11-8-7-9-12-14/h7-9,11-12,15H,3-6,10,13H2,1-2H3. The molecule has 2 heteroatoms. The van der Waals surface area contributed by atoms with Crippen LogP contribution >= 0.6 is 0 Å². The van der Waals surface area contributed by atoms with E-state index in [1.54, 1.807) is 0 Å². The zero-order valence-electron chi connectivity index (χ0n) is 11.5. The molecule has 0 fully saturated rings. The van der Waals surface area contributed by atoms with Gasteiger partial charge in [-0.2, -0.15) is 0 Å². The molecule has 0 aliphatic rings. The second-order valence-corrected chi connectivity index (χ2v) is 4.56. The van der Waals surface area contributed by atoms with Crippen LogP contribution < -0.4 is 0 Å². The second-order valence-electron chi connectivity index (χ2n) is 4.56. The van der Waals surface area contributed by atoms with Crippen LogP contribution in [0.2, 0.25) is 0 Å². The SMILES string of the molecule is CCCCCCOC(CC)C(=O)c1ccccc1. The highest BCUT2D eigenvalue weighted by Crippen LogP contribution is 2.10. The van der Waals surface area contributed by atoms with E-state index in [-0.39, 0.29) is 11.9 Å². The summed E-state index contributed by atoms with van der Waals surface area (Å²) in [6.07, 6.45) is 5.15. The van der Waals surface area contributed by atoms with Gasteiger partial charge in [0.25, 0.3) is 0 Å². The van der Waals surface area contributed by atoms with Crippen LogP contribution in [0.25, 0.3) is 0 Å². The minimum Gasteiger partial charge on any atom is -0.370 e. The summed E-state index contributed by atoms with van der Waals surface area (Å²) in [5.74, 6) is 0.105. The minimum absolute atomic E-state index is 0.105. The number of rotatable bonds is 9. The maximum atomic E-state index is 12.2. The van der Waals surface area contributed by atoms with Gasteiger partial charge in [0.1, 0.15) is 6.10 Å². The van der Waals surface area contributed by atoms with Gasteiger partial charge in [-0.25, -0.2) is 0 Å². The van der Waals surface area contributed by atoms with Crippen molar-refractivity contribution in [2.24, 2.45) is 0 Å². The van der Waals surface area contributed by atoms with Crippen molar-refractivity contribution in [1.82, 2.24) is 0 Å². The fraction of sp³-hybridized carbons (Fsp3) is 0.562. The van der Waals surface area contributed by atoms with Gasteiger partial charge in [0.05, 0.1) is 0 Å². The predicted octanol–water partition coefficient (Wildman–Crippen LogP) is 4.24. The first-order chi connectivity index (χ1) is 8.79. The first kappa shape index (κ1) is 14.9. The molecule has 0 aliphatic carbocycles. The van der Waals surface area contributed by atoms with Crippen LogP contribution in [0.3, 0.4) is 0 Å². The average molecular weight is 248 g/mol. The maximum Gasteiger partial charge on any atom is 0.191 e. The maximum absolute atomic E-state index is 12.2. The molecule has 0 saturated heterocycles. The molecule has 0 amide bonds. The number of carbonyl (C=O) groups excluding carboxylic acids is 1. The fourth-order valence-corrected chi connectivity index (χ4v) is 1.92. The van der Waals surface area contributed by atoms with E-state index in [4.69, 9.17) is 4.74 Å². The molecule has 1 aromatic rings. The van der Waals surface area contributed by atoms with Gasteiger partial charge >= 0.3 is 0 Å². The number of benzene rings is 1. The summed E-state index contributed by atoms with van der Waals surface area (Å²) in [6.45, 7) is 4.88. The largest absolute Gasteiger partial charge is 0.370 e. The highest BCUT2D eigenvalue weighted by atomic mass is 16.5. The molecule has 0 aromatic heterocycles. The van der Waals surface area contributed by atoms with Crippen LogP contribution in [-0.2, 0) is 4.74 Å². The molecule has 0 saturated carbocycles. The number of carbonyl (C=O) groups is 1. The Morgan fingerprint density at radius 2 is 1.83 bits per heavy atom. The van der Waals surface area contributed by atoms with E-state index in [9.17, 15) is 4.79 Å². The van der Waals surface area contributed by atoms with Crippen molar-refractivity contribution in [3.8, 4) is 0 Å². The Bertz CT molecular complexity index is 332. The summed E-state index contributed by atoms with van der Waals surface area (Å²) in [5, 5.41) is 0. The van der Waals surface area contributed by atoms with Gasteiger partial charge in [0.2, 0.25) is 0 Å². The van der Waals surface area contributed by atoms with Crippen LogP contribution in [-0.4, -0.2) is 18.5 Å². The lowest BCUT2D eigenvalue weighted by atomic mass is 10.0. The van der Waals surface area contributed by atoms with E-state index >= 15 is 0 Å². The minimum atomic E-state index is -0.283. The van der Waals surface area contributed by atoms with E-state index in [2.05, 4.69) is 6.92 Å². The highest BCUT2D eigenvalue weighted by molar-refractivity contribution is 5.99. The monoisotopic (exact) mass is 248 g/mol. The first-order valence-electron chi connectivity index (χ1n) is 7.00. The Hall–Kier alpha value is -1.15. The number of ether oxygens (including phenoxy) is 1. The van der Waals surface area contributed by atoms with Crippen LogP contribution in [0.5, 0.6) is 0 Å². The average Bonchev–Trinajstić information content (AvgIpc) is 2.43. The molecular formula is C16H24O2. The Morgan fingerprint density at radius 3 is 2.44 bits per heavy atom. The Labute approximate surface area is 110 Å². The molecule has 18 heavy (non-hydrogen) atoms. The summed E-state index contributed by atoms with van der Waals surface area (Å²) in [5.41, 5.74) is 0.748. The van der Waals surface area contributed by atoms with E-state index in [1.807, 2.05) is 37.3 Å². The Kier molecular flexibility index (Phi) is 7.35. The summed E-state index contributed by atoms with van der Waals surface area (Å²) in [6, 6.07) is 9.41. The number of Topliss-reactive ketones (excluding diaryl/α,β-unsaturated/α-hetero) is 1. The molecule has 1 unspecified atom stereocenters. The third-order valence-electron chi connectivity index (χ3n) is 3.04. The third-order valence-corrected chi connectivity index (χ3v) is 3.04. The van der Waals surface area contributed by atoms with Crippen molar-refractivity contribution in [3.63, 3.8) is 0 Å². The van der Waals surface area contributed by atoms with E-state index < -0.39 is 0 Å². The van der Waals surface area contributed by atoms with Crippen molar-refractivity contribution in [1.29, 1.82) is 0 Å². The highest BCUT2D eigenvalue weighted by Gasteiger charge is 2.18. The molecule has 0 aliphatic heterocycles. The number of hydrogen-bond acceptors (Lipinski definition) is 2. The van der Waals surface area contributed by atoms with Gasteiger partial charge in [0, 0.05) is 12.2 Å². The van der Waals surface area contributed by atoms with Gasteiger partial charge in [-0.05, 0) is 12.8 Å². The zero-order valence-corrected chi connectivity index (χ0v) is 11.5. The number of ketones is 1. The van der Waals surface area contributed by atoms with Crippen LogP contribution in [0.15, 0.2) is 30.3 Å². The molecule has 0 bridgehead atoms. The van der Waals surface area contributed by atoms with Gasteiger partial charge in [-0.15, -0.1) is 0 Å². The number of hydrogen-bond donors (Lipinski definition) is 0. The molecule has 0 spiro atoms. The lowest BCUT2D eigenvalue weighted by molar-refractivity contribution is 0.0383. The molecule has 0 N–H and O–H groups in total. The lowest BCUT2D eigenvalue weighted by Gasteiger charge is -2.15. The topological polar surface area (TPSA) is 26.3 Å². The zero-order chi connectivity index (χ0) is 13.2.